The van der Waals surface area contributed by atoms with Crippen molar-refractivity contribution >= 4 is 24.2 Å². The molecule has 0 bridgehead atoms. The number of esters is 1. The summed E-state index contributed by atoms with van der Waals surface area (Å²) in [7, 11) is 0. The molecule has 15 heavy (non-hydrogen) atoms. The van der Waals surface area contributed by atoms with Crippen molar-refractivity contribution in [2.75, 3.05) is 19.8 Å². The lowest BCUT2D eigenvalue weighted by Gasteiger charge is -2.12. The second-order valence-electron chi connectivity index (χ2n) is 3.19. The number of hydrogen-bond donors (Lipinski definition) is 1. The van der Waals surface area contributed by atoms with E-state index in [2.05, 4.69) is 4.74 Å². The maximum absolute atomic E-state index is 11.6. The Morgan fingerprint density at radius 2 is 2.27 bits per heavy atom. The third kappa shape index (κ3) is 3.77. The molecule has 2 atom stereocenters. The average Bonchev–Trinajstić information content (AvgIpc) is 2.68. The lowest BCUT2D eigenvalue weighted by molar-refractivity contribution is -0.148. The van der Waals surface area contributed by atoms with E-state index in [1.807, 2.05) is 0 Å². The van der Waals surface area contributed by atoms with Crippen LogP contribution in [0.15, 0.2) is 0 Å². The number of carbonyl (C=O) groups excluding carboxylic acids is 2. The van der Waals surface area contributed by atoms with Gasteiger partial charge in [-0.1, -0.05) is 0 Å². The SMILES string of the molecule is CCOC(=O)C(N)C(=O)C1CCOC1.Cl. The zero-order chi connectivity index (χ0) is 10.6. The van der Waals surface area contributed by atoms with E-state index in [-0.39, 0.29) is 30.7 Å². The Morgan fingerprint density at radius 1 is 1.60 bits per heavy atom. The number of nitrogens with two attached hydrogens (primary N) is 1. The maximum Gasteiger partial charge on any atom is 0.330 e. The van der Waals surface area contributed by atoms with Gasteiger partial charge < -0.3 is 15.2 Å². The van der Waals surface area contributed by atoms with E-state index in [0.29, 0.717) is 19.6 Å². The summed E-state index contributed by atoms with van der Waals surface area (Å²) >= 11 is 0. The van der Waals surface area contributed by atoms with Crippen LogP contribution in [0.3, 0.4) is 0 Å². The van der Waals surface area contributed by atoms with Crippen molar-refractivity contribution in [2.24, 2.45) is 11.7 Å². The van der Waals surface area contributed by atoms with Crippen molar-refractivity contribution in [2.45, 2.75) is 19.4 Å². The molecule has 1 fully saturated rings. The Morgan fingerprint density at radius 3 is 2.73 bits per heavy atom. The Bertz CT molecular complexity index is 228. The second kappa shape index (κ2) is 6.76. The Labute approximate surface area is 94.7 Å². The second-order valence-corrected chi connectivity index (χ2v) is 3.19. The largest absolute Gasteiger partial charge is 0.464 e. The van der Waals surface area contributed by atoms with E-state index >= 15 is 0 Å². The average molecular weight is 238 g/mol. The molecule has 1 saturated heterocycles. The zero-order valence-corrected chi connectivity index (χ0v) is 9.42. The van der Waals surface area contributed by atoms with Gasteiger partial charge in [-0.2, -0.15) is 0 Å². The first-order chi connectivity index (χ1) is 6.66. The molecule has 0 aliphatic carbocycles. The highest BCUT2D eigenvalue weighted by Crippen LogP contribution is 2.14. The molecule has 1 aliphatic rings. The summed E-state index contributed by atoms with van der Waals surface area (Å²) in [6.07, 6.45) is 0.645. The highest BCUT2D eigenvalue weighted by atomic mass is 35.5. The molecule has 2 unspecified atom stereocenters. The molecule has 0 saturated carbocycles. The van der Waals surface area contributed by atoms with E-state index in [1.54, 1.807) is 6.92 Å². The summed E-state index contributed by atoms with van der Waals surface area (Å²) in [5, 5.41) is 0. The van der Waals surface area contributed by atoms with Crippen molar-refractivity contribution in [1.29, 1.82) is 0 Å². The maximum atomic E-state index is 11.6. The quantitative estimate of drug-likeness (QED) is 0.546. The van der Waals surface area contributed by atoms with Gasteiger partial charge in [0.15, 0.2) is 11.8 Å². The molecule has 5 nitrogen and oxygen atoms in total. The summed E-state index contributed by atoms with van der Waals surface area (Å²) in [5.41, 5.74) is 5.45. The minimum Gasteiger partial charge on any atom is -0.464 e. The molecule has 0 radical (unpaired) electrons. The van der Waals surface area contributed by atoms with Gasteiger partial charge in [0.1, 0.15) is 0 Å². The third-order valence-corrected chi connectivity index (χ3v) is 2.18. The van der Waals surface area contributed by atoms with E-state index in [0.717, 1.165) is 0 Å². The molecule has 2 N–H and O–H groups in total. The fourth-order valence-corrected chi connectivity index (χ4v) is 1.36. The number of ketones is 1. The monoisotopic (exact) mass is 237 g/mol. The van der Waals surface area contributed by atoms with E-state index in [9.17, 15) is 9.59 Å². The summed E-state index contributed by atoms with van der Waals surface area (Å²) in [6, 6.07) is -1.15. The van der Waals surface area contributed by atoms with Gasteiger partial charge >= 0.3 is 5.97 Å². The lowest BCUT2D eigenvalue weighted by atomic mass is 9.98. The van der Waals surface area contributed by atoms with Crippen LogP contribution in [0, 0.1) is 5.92 Å². The van der Waals surface area contributed by atoms with Crippen LogP contribution in [0.4, 0.5) is 0 Å². The fraction of sp³-hybridized carbons (Fsp3) is 0.778. The molecule has 0 aromatic rings. The standard InChI is InChI=1S/C9H15NO4.ClH/c1-2-14-9(12)7(10)8(11)6-3-4-13-5-6;/h6-7H,2-5,10H2,1H3;1H. The van der Waals surface area contributed by atoms with Gasteiger partial charge in [0, 0.05) is 12.5 Å². The summed E-state index contributed by atoms with van der Waals surface area (Å²) in [5.74, 6) is -1.17. The summed E-state index contributed by atoms with van der Waals surface area (Å²) in [4.78, 5) is 22.7. The molecular formula is C9H16ClNO4. The smallest absolute Gasteiger partial charge is 0.330 e. The minimum atomic E-state index is -1.15. The van der Waals surface area contributed by atoms with Crippen LogP contribution < -0.4 is 5.73 Å². The van der Waals surface area contributed by atoms with Gasteiger partial charge in [-0.05, 0) is 13.3 Å². The summed E-state index contributed by atoms with van der Waals surface area (Å²) in [6.45, 7) is 2.84. The molecule has 0 aromatic carbocycles. The van der Waals surface area contributed by atoms with Crippen LogP contribution in [0.2, 0.25) is 0 Å². The Balaban J connectivity index is 0.00000196. The van der Waals surface area contributed by atoms with Gasteiger partial charge in [0.25, 0.3) is 0 Å². The van der Waals surface area contributed by atoms with Gasteiger partial charge in [0.2, 0.25) is 0 Å². The topological polar surface area (TPSA) is 78.6 Å². The third-order valence-electron chi connectivity index (χ3n) is 2.18. The van der Waals surface area contributed by atoms with Crippen LogP contribution in [0.25, 0.3) is 0 Å². The van der Waals surface area contributed by atoms with E-state index in [4.69, 9.17) is 10.5 Å². The van der Waals surface area contributed by atoms with Crippen molar-refractivity contribution in [1.82, 2.24) is 0 Å². The molecular weight excluding hydrogens is 222 g/mol. The number of Topliss-reactive ketones (excluding diaryl/α,β-unsaturated/α-hetero) is 1. The Hall–Kier alpha value is -0.650. The fourth-order valence-electron chi connectivity index (χ4n) is 1.36. The molecule has 6 heteroatoms. The van der Waals surface area contributed by atoms with Gasteiger partial charge in [0.05, 0.1) is 13.2 Å². The number of ether oxygens (including phenoxy) is 2. The first kappa shape index (κ1) is 14.3. The normalized spacial score (nSPS) is 21.6. The highest BCUT2D eigenvalue weighted by Gasteiger charge is 2.32. The van der Waals surface area contributed by atoms with Crippen LogP contribution in [0.1, 0.15) is 13.3 Å². The lowest BCUT2D eigenvalue weighted by Crippen LogP contribution is -2.43. The molecule has 88 valence electrons. The van der Waals surface area contributed by atoms with Crippen LogP contribution in [-0.2, 0) is 19.1 Å². The predicted molar refractivity (Wildman–Crippen MR) is 55.8 cm³/mol. The number of hydrogen-bond acceptors (Lipinski definition) is 5. The van der Waals surface area contributed by atoms with Crippen LogP contribution in [-0.4, -0.2) is 37.6 Å². The van der Waals surface area contributed by atoms with Gasteiger partial charge in [-0.25, -0.2) is 4.79 Å². The first-order valence-electron chi connectivity index (χ1n) is 4.70. The first-order valence-corrected chi connectivity index (χ1v) is 4.70. The predicted octanol–water partition coefficient (Wildman–Crippen LogP) is -0.0958. The molecule has 1 heterocycles. The van der Waals surface area contributed by atoms with Crippen molar-refractivity contribution in [3.05, 3.63) is 0 Å². The zero-order valence-electron chi connectivity index (χ0n) is 8.60. The minimum absolute atomic E-state index is 0. The number of carbonyl (C=O) groups is 2. The highest BCUT2D eigenvalue weighted by molar-refractivity contribution is 6.04. The van der Waals surface area contributed by atoms with Gasteiger partial charge in [-0.3, -0.25) is 4.79 Å². The molecule has 0 amide bonds. The Kier molecular flexibility index (Phi) is 6.47. The molecule has 0 spiro atoms. The summed E-state index contributed by atoms with van der Waals surface area (Å²) < 4.78 is 9.70. The number of halogens is 1. The molecule has 1 rings (SSSR count). The van der Waals surface area contributed by atoms with Crippen molar-refractivity contribution < 1.29 is 19.1 Å². The van der Waals surface area contributed by atoms with Crippen molar-refractivity contribution in [3.8, 4) is 0 Å². The van der Waals surface area contributed by atoms with E-state index < -0.39 is 12.0 Å². The number of rotatable bonds is 4. The van der Waals surface area contributed by atoms with Crippen molar-refractivity contribution in [3.63, 3.8) is 0 Å². The van der Waals surface area contributed by atoms with E-state index in [1.165, 1.54) is 0 Å². The molecule has 1 aliphatic heterocycles. The van der Waals surface area contributed by atoms with Gasteiger partial charge in [-0.15, -0.1) is 12.4 Å². The molecule has 0 aromatic heterocycles. The van der Waals surface area contributed by atoms with Crippen LogP contribution in [0.5, 0.6) is 0 Å². The van der Waals surface area contributed by atoms with Crippen LogP contribution >= 0.6 is 12.4 Å².